The van der Waals surface area contributed by atoms with E-state index in [0.29, 0.717) is 43.2 Å². The number of carbonyl (C=O) groups excluding carboxylic acids is 1. The van der Waals surface area contributed by atoms with Crippen LogP contribution in [0.3, 0.4) is 0 Å². The Kier molecular flexibility index (Phi) is 10.3. The zero-order valence-electron chi connectivity index (χ0n) is 26.8. The quantitative estimate of drug-likeness (QED) is 0.117. The highest BCUT2D eigenvalue weighted by Crippen LogP contribution is 2.38. The molecule has 1 atom stereocenters. The number of rotatable bonds is 10. The number of nitrogens with zero attached hydrogens (tertiary/aromatic N) is 3. The van der Waals surface area contributed by atoms with Gasteiger partial charge in [0.1, 0.15) is 6.61 Å². The smallest absolute Gasteiger partial charge is 0.338 e. The predicted octanol–water partition coefficient (Wildman–Crippen LogP) is 6.77. The van der Waals surface area contributed by atoms with Crippen molar-refractivity contribution in [3.63, 3.8) is 0 Å². The lowest BCUT2D eigenvalue weighted by Crippen LogP contribution is -2.40. The zero-order chi connectivity index (χ0) is 34.5. The van der Waals surface area contributed by atoms with E-state index in [1.54, 1.807) is 53.6 Å². The monoisotopic (exact) mass is 707 g/mol. The second kappa shape index (κ2) is 15.0. The molecule has 0 spiro atoms. The molecule has 2 heterocycles. The van der Waals surface area contributed by atoms with Gasteiger partial charge < -0.3 is 14.2 Å². The summed E-state index contributed by atoms with van der Waals surface area (Å²) in [4.78, 5) is 34.4. The first-order chi connectivity index (χ1) is 23.9. The Morgan fingerprint density at radius 2 is 1.82 bits per heavy atom. The second-order valence-electron chi connectivity index (χ2n) is 10.8. The summed E-state index contributed by atoms with van der Waals surface area (Å²) in [6.45, 7) is 2.03. The van der Waals surface area contributed by atoms with Gasteiger partial charge in [-0.05, 0) is 60.7 Å². The molecule has 0 unspecified atom stereocenters. The topological polar surface area (TPSA) is 103 Å². The molecule has 49 heavy (non-hydrogen) atoms. The first kappa shape index (κ1) is 33.8. The summed E-state index contributed by atoms with van der Waals surface area (Å²) in [5, 5.41) is 9.73. The molecule has 0 N–H and O–H groups in total. The lowest BCUT2D eigenvalue weighted by atomic mass is 9.93. The van der Waals surface area contributed by atoms with Crippen LogP contribution in [0.4, 0.5) is 0 Å². The van der Waals surface area contributed by atoms with Crippen molar-refractivity contribution in [1.82, 2.24) is 4.57 Å². The molecular weight excluding hydrogens is 678 g/mol. The fourth-order valence-corrected chi connectivity index (χ4v) is 7.24. The first-order valence-corrected chi connectivity index (χ1v) is 17.7. The van der Waals surface area contributed by atoms with E-state index in [2.05, 4.69) is 6.07 Å². The van der Waals surface area contributed by atoms with Crippen LogP contribution in [0.25, 0.3) is 11.8 Å². The number of carbonyl (C=O) groups is 1. The number of hydrogen-bond acceptors (Lipinski definition) is 9. The number of halogens is 1. The molecule has 6 rings (SSSR count). The number of aromatic nitrogens is 1. The Morgan fingerprint density at radius 1 is 1.08 bits per heavy atom. The third-order valence-corrected chi connectivity index (χ3v) is 9.87. The number of esters is 1. The standard InChI is InChI=1S/C38H30ClN3O5S2/c1-4-46-37(44)32-33(24-10-6-5-7-11-24)41-38-42(34(32)25-14-16-28(48-3)17-15-25)36(43)31(49-38)20-23-18-29(39)35(30(19-23)45-2)47-22-27-13-9-8-12-26(27)21-40/h5-20,34H,4,22H2,1-3H3/b31-20-/t34-/m0/s1. The summed E-state index contributed by atoms with van der Waals surface area (Å²) in [5.74, 6) is 0.141. The van der Waals surface area contributed by atoms with Gasteiger partial charge in [-0.15, -0.1) is 11.8 Å². The molecule has 11 heteroatoms. The zero-order valence-corrected chi connectivity index (χ0v) is 29.2. The maximum atomic E-state index is 14.3. The van der Waals surface area contributed by atoms with Crippen molar-refractivity contribution in [2.24, 2.45) is 4.99 Å². The van der Waals surface area contributed by atoms with Gasteiger partial charge in [-0.2, -0.15) is 5.26 Å². The van der Waals surface area contributed by atoms with Gasteiger partial charge in [-0.25, -0.2) is 9.79 Å². The SMILES string of the molecule is CCOC(=O)C1=C(c2ccccc2)N=c2s/c(=C\c3cc(Cl)c(OCc4ccccc4C#N)c(OC)c3)c(=O)n2[C@H]1c1ccc(SC)cc1. The number of hydrogen-bond donors (Lipinski definition) is 0. The van der Waals surface area contributed by atoms with Crippen LogP contribution in [0, 0.1) is 11.3 Å². The molecule has 1 aliphatic rings. The van der Waals surface area contributed by atoms with E-state index in [-0.39, 0.29) is 29.4 Å². The fraction of sp³-hybridized carbons (Fsp3) is 0.158. The molecule has 4 aromatic carbocycles. The molecule has 0 saturated heterocycles. The summed E-state index contributed by atoms with van der Waals surface area (Å²) in [5.41, 5.74) is 3.72. The maximum Gasteiger partial charge on any atom is 0.338 e. The average molecular weight is 708 g/mol. The third-order valence-electron chi connectivity index (χ3n) is 7.86. The average Bonchev–Trinajstić information content (AvgIpc) is 3.44. The van der Waals surface area contributed by atoms with Gasteiger partial charge in [0.25, 0.3) is 5.56 Å². The summed E-state index contributed by atoms with van der Waals surface area (Å²) >= 11 is 9.53. The summed E-state index contributed by atoms with van der Waals surface area (Å²) in [6.07, 6.45) is 3.71. The van der Waals surface area contributed by atoms with Crippen molar-refractivity contribution in [1.29, 1.82) is 5.26 Å². The molecule has 1 aliphatic heterocycles. The van der Waals surface area contributed by atoms with Crippen LogP contribution in [0.5, 0.6) is 11.5 Å². The first-order valence-electron chi connectivity index (χ1n) is 15.3. The van der Waals surface area contributed by atoms with Gasteiger partial charge >= 0.3 is 5.97 Å². The van der Waals surface area contributed by atoms with Crippen LogP contribution >= 0.6 is 34.7 Å². The van der Waals surface area contributed by atoms with E-state index in [4.69, 9.17) is 30.8 Å². The minimum atomic E-state index is -0.784. The molecular formula is C38H30ClN3O5S2. The van der Waals surface area contributed by atoms with Gasteiger partial charge in [0.05, 0.1) is 52.2 Å². The highest BCUT2D eigenvalue weighted by molar-refractivity contribution is 7.98. The number of nitriles is 1. The fourth-order valence-electron chi connectivity index (χ4n) is 5.56. The maximum absolute atomic E-state index is 14.3. The van der Waals surface area contributed by atoms with E-state index < -0.39 is 12.0 Å². The van der Waals surface area contributed by atoms with Crippen molar-refractivity contribution in [2.75, 3.05) is 20.0 Å². The van der Waals surface area contributed by atoms with Crippen molar-refractivity contribution < 1.29 is 19.0 Å². The molecule has 0 saturated carbocycles. The van der Waals surface area contributed by atoms with Crippen LogP contribution in [0.1, 0.15) is 40.8 Å². The summed E-state index contributed by atoms with van der Waals surface area (Å²) < 4.78 is 19.2. The van der Waals surface area contributed by atoms with Crippen LogP contribution in [0.2, 0.25) is 5.02 Å². The number of thiazole rings is 1. The number of methoxy groups -OCH3 is 1. The molecule has 5 aromatic rings. The summed E-state index contributed by atoms with van der Waals surface area (Å²) in [7, 11) is 1.50. The predicted molar refractivity (Wildman–Crippen MR) is 193 cm³/mol. The van der Waals surface area contributed by atoms with Crippen LogP contribution < -0.4 is 24.4 Å². The van der Waals surface area contributed by atoms with E-state index in [0.717, 1.165) is 16.0 Å². The third kappa shape index (κ3) is 6.92. The van der Waals surface area contributed by atoms with E-state index in [9.17, 15) is 14.9 Å². The van der Waals surface area contributed by atoms with E-state index in [1.165, 1.54) is 18.4 Å². The molecule has 1 aromatic heterocycles. The van der Waals surface area contributed by atoms with Gasteiger partial charge in [0.15, 0.2) is 16.3 Å². The largest absolute Gasteiger partial charge is 0.493 e. The number of thioether (sulfide) groups is 1. The minimum Gasteiger partial charge on any atom is -0.493 e. The lowest BCUT2D eigenvalue weighted by molar-refractivity contribution is -0.138. The van der Waals surface area contributed by atoms with E-state index in [1.807, 2.05) is 73.0 Å². The molecule has 0 bridgehead atoms. The Bertz CT molecular complexity index is 2290. The molecule has 0 aliphatic carbocycles. The van der Waals surface area contributed by atoms with Crippen LogP contribution in [-0.4, -0.2) is 30.5 Å². The van der Waals surface area contributed by atoms with Gasteiger partial charge in [-0.3, -0.25) is 9.36 Å². The van der Waals surface area contributed by atoms with Crippen LogP contribution in [0.15, 0.2) is 111 Å². The molecule has 0 radical (unpaired) electrons. The van der Waals surface area contributed by atoms with Crippen molar-refractivity contribution >= 4 is 52.4 Å². The second-order valence-corrected chi connectivity index (χ2v) is 13.1. The van der Waals surface area contributed by atoms with Crippen LogP contribution in [-0.2, 0) is 16.1 Å². The van der Waals surface area contributed by atoms with Gasteiger partial charge in [-0.1, -0.05) is 83.6 Å². The van der Waals surface area contributed by atoms with Gasteiger partial charge in [0, 0.05) is 16.0 Å². The Morgan fingerprint density at radius 3 is 2.51 bits per heavy atom. The van der Waals surface area contributed by atoms with Crippen molar-refractivity contribution in [3.8, 4) is 17.6 Å². The highest BCUT2D eigenvalue weighted by atomic mass is 35.5. The van der Waals surface area contributed by atoms with Crippen molar-refractivity contribution in [3.05, 3.63) is 149 Å². The van der Waals surface area contributed by atoms with E-state index >= 15 is 0 Å². The Labute approximate surface area is 296 Å². The van der Waals surface area contributed by atoms with Crippen molar-refractivity contribution in [2.45, 2.75) is 24.5 Å². The number of ether oxygens (including phenoxy) is 3. The number of fused-ring (bicyclic) bond motifs is 1. The lowest BCUT2D eigenvalue weighted by Gasteiger charge is -2.26. The summed E-state index contributed by atoms with van der Waals surface area (Å²) in [6, 6.07) is 29.2. The number of benzene rings is 4. The molecule has 0 fully saturated rings. The molecule has 8 nitrogen and oxygen atoms in total. The van der Waals surface area contributed by atoms with Gasteiger partial charge in [0.2, 0.25) is 0 Å². The molecule has 0 amide bonds. The molecule has 246 valence electrons. The Balaban J connectivity index is 1.49. The normalized spacial score (nSPS) is 14.1. The minimum absolute atomic E-state index is 0.113. The highest BCUT2D eigenvalue weighted by Gasteiger charge is 2.35. The Hall–Kier alpha value is -5.08.